The molecule has 0 bridgehead atoms. The van der Waals surface area contributed by atoms with Crippen LogP contribution in [0.5, 0.6) is 0 Å². The Morgan fingerprint density at radius 2 is 1.50 bits per heavy atom. The molecule has 0 fully saturated rings. The molecule has 0 aromatic heterocycles. The Morgan fingerprint density at radius 3 is 1.89 bits per heavy atom. The molecule has 28 heavy (non-hydrogen) atoms. The van der Waals surface area contributed by atoms with Gasteiger partial charge in [0.25, 0.3) is 0 Å². The molecule has 0 aromatic rings. The molecule has 11 nitrogen and oxygen atoms in total. The second-order valence-corrected chi connectivity index (χ2v) is 6.83. The number of nitrogens with one attached hydrogen (secondary N) is 3. The number of hydrogen-bond acceptors (Lipinski definition) is 8. The van der Waals surface area contributed by atoms with Crippen molar-refractivity contribution in [3.8, 4) is 0 Å². The maximum atomic E-state index is 12.3. The van der Waals surface area contributed by atoms with Crippen LogP contribution in [-0.4, -0.2) is 81.6 Å². The number of carbonyl (C=O) groups excluding carboxylic acids is 3. The first-order valence-electron chi connectivity index (χ1n) is 8.79. The number of amides is 3. The lowest BCUT2D eigenvalue weighted by atomic mass is 9.99. The van der Waals surface area contributed by atoms with Crippen LogP contribution < -0.4 is 21.7 Å². The van der Waals surface area contributed by atoms with E-state index in [1.165, 1.54) is 6.92 Å². The fourth-order valence-corrected chi connectivity index (χ4v) is 2.34. The Balaban J connectivity index is 5.02. The van der Waals surface area contributed by atoms with E-state index in [0.717, 1.165) is 0 Å². The lowest BCUT2D eigenvalue weighted by molar-refractivity contribution is -0.145. The third kappa shape index (κ3) is 8.00. The molecule has 0 saturated carbocycles. The molecule has 0 rings (SSSR count). The Morgan fingerprint density at radius 1 is 1.00 bits per heavy atom. The predicted octanol–water partition coefficient (Wildman–Crippen LogP) is -2.80. The molecular weight excluding hydrogens is 392 g/mol. The van der Waals surface area contributed by atoms with E-state index in [1.54, 1.807) is 6.92 Å². The van der Waals surface area contributed by atoms with Gasteiger partial charge >= 0.3 is 5.97 Å². The molecule has 6 unspecified atom stereocenters. The number of aliphatic hydroxyl groups is 2. The first-order valence-corrected chi connectivity index (χ1v) is 9.42. The maximum absolute atomic E-state index is 12.3. The Bertz CT molecular complexity index is 561. The van der Waals surface area contributed by atoms with E-state index >= 15 is 0 Å². The third-order valence-corrected chi connectivity index (χ3v) is 4.60. The van der Waals surface area contributed by atoms with Crippen LogP contribution in [0.4, 0.5) is 0 Å². The summed E-state index contributed by atoms with van der Waals surface area (Å²) in [6.07, 6.45) is -0.740. The smallest absolute Gasteiger partial charge is 0.328 e. The van der Waals surface area contributed by atoms with Crippen molar-refractivity contribution < 1.29 is 34.5 Å². The molecule has 0 aliphatic heterocycles. The number of hydrogen-bond donors (Lipinski definition) is 8. The summed E-state index contributed by atoms with van der Waals surface area (Å²) in [7, 11) is 0. The SMILES string of the molecule is CCC(C)C(N)C(=O)NC(CS)C(=O)NC(CO)C(=O)NC(C(=O)O)C(C)O. The Kier molecular flexibility index (Phi) is 11.7. The highest BCUT2D eigenvalue weighted by Crippen LogP contribution is 2.06. The number of carbonyl (C=O) groups is 4. The molecule has 0 radical (unpaired) electrons. The molecule has 0 aliphatic carbocycles. The topological polar surface area (TPSA) is 191 Å². The molecular formula is C16H30N4O7S. The third-order valence-electron chi connectivity index (χ3n) is 4.24. The maximum Gasteiger partial charge on any atom is 0.328 e. The van der Waals surface area contributed by atoms with Crippen molar-refractivity contribution in [1.29, 1.82) is 0 Å². The average molecular weight is 423 g/mol. The minimum Gasteiger partial charge on any atom is -0.480 e. The van der Waals surface area contributed by atoms with Crippen LogP contribution >= 0.6 is 12.6 Å². The minimum absolute atomic E-state index is 0.101. The van der Waals surface area contributed by atoms with Crippen molar-refractivity contribution in [1.82, 2.24) is 16.0 Å². The zero-order valence-electron chi connectivity index (χ0n) is 16.1. The summed E-state index contributed by atoms with van der Waals surface area (Å²) in [6.45, 7) is 3.98. The fraction of sp³-hybridized carbons (Fsp3) is 0.750. The van der Waals surface area contributed by atoms with Crippen molar-refractivity contribution in [2.75, 3.05) is 12.4 Å². The van der Waals surface area contributed by atoms with Gasteiger partial charge in [-0.25, -0.2) is 4.79 Å². The zero-order chi connectivity index (χ0) is 22.0. The standard InChI is InChI=1S/C16H30N4O7S/c1-4-7(2)11(17)15(25)19-10(6-28)14(24)18-9(5-21)13(23)20-12(8(3)22)16(26)27/h7-12,21-22,28H,4-6,17H2,1-3H3,(H,18,24)(H,19,25)(H,20,23)(H,26,27). The van der Waals surface area contributed by atoms with Gasteiger partial charge in [-0.3, -0.25) is 14.4 Å². The average Bonchev–Trinajstić information content (AvgIpc) is 2.65. The van der Waals surface area contributed by atoms with Gasteiger partial charge in [0, 0.05) is 5.75 Å². The summed E-state index contributed by atoms with van der Waals surface area (Å²) in [5.74, 6) is -4.08. The number of aliphatic hydroxyl groups excluding tert-OH is 2. The van der Waals surface area contributed by atoms with Crippen LogP contribution in [0.15, 0.2) is 0 Å². The van der Waals surface area contributed by atoms with E-state index in [0.29, 0.717) is 6.42 Å². The number of carboxylic acids is 1. The number of thiol groups is 1. The van der Waals surface area contributed by atoms with Gasteiger partial charge in [0.1, 0.15) is 12.1 Å². The summed E-state index contributed by atoms with van der Waals surface area (Å²) in [5.41, 5.74) is 5.81. The van der Waals surface area contributed by atoms with Gasteiger partial charge in [0.05, 0.1) is 18.8 Å². The van der Waals surface area contributed by atoms with Crippen LogP contribution in [0.3, 0.4) is 0 Å². The molecule has 0 spiro atoms. The number of rotatable bonds is 12. The summed E-state index contributed by atoms with van der Waals surface area (Å²) >= 11 is 4.00. The second kappa shape index (κ2) is 12.5. The van der Waals surface area contributed by atoms with Crippen LogP contribution in [0.25, 0.3) is 0 Å². The van der Waals surface area contributed by atoms with Gasteiger partial charge in [-0.1, -0.05) is 20.3 Å². The molecule has 162 valence electrons. The zero-order valence-corrected chi connectivity index (χ0v) is 17.0. The highest BCUT2D eigenvalue weighted by atomic mass is 32.1. The molecule has 12 heteroatoms. The minimum atomic E-state index is -1.62. The summed E-state index contributed by atoms with van der Waals surface area (Å²) in [6, 6.07) is -5.07. The van der Waals surface area contributed by atoms with Crippen molar-refractivity contribution in [2.24, 2.45) is 11.7 Å². The van der Waals surface area contributed by atoms with E-state index in [4.69, 9.17) is 10.8 Å². The van der Waals surface area contributed by atoms with Crippen molar-refractivity contribution in [3.05, 3.63) is 0 Å². The number of nitrogens with two attached hydrogens (primary N) is 1. The summed E-state index contributed by atoms with van der Waals surface area (Å²) in [4.78, 5) is 47.6. The summed E-state index contributed by atoms with van der Waals surface area (Å²) < 4.78 is 0. The largest absolute Gasteiger partial charge is 0.480 e. The van der Waals surface area contributed by atoms with Gasteiger partial charge in [-0.15, -0.1) is 0 Å². The van der Waals surface area contributed by atoms with Crippen LogP contribution in [0, 0.1) is 5.92 Å². The predicted molar refractivity (Wildman–Crippen MR) is 103 cm³/mol. The summed E-state index contributed by atoms with van der Waals surface area (Å²) in [5, 5.41) is 34.4. The molecule has 8 N–H and O–H groups in total. The van der Waals surface area contributed by atoms with Crippen LogP contribution in [0.1, 0.15) is 27.2 Å². The molecule has 3 amide bonds. The van der Waals surface area contributed by atoms with Crippen LogP contribution in [0.2, 0.25) is 0 Å². The highest BCUT2D eigenvalue weighted by molar-refractivity contribution is 7.80. The van der Waals surface area contributed by atoms with Gasteiger partial charge in [-0.05, 0) is 12.8 Å². The van der Waals surface area contributed by atoms with Gasteiger partial charge in [-0.2, -0.15) is 12.6 Å². The Hall–Kier alpha value is -1.89. The molecule has 0 saturated heterocycles. The van der Waals surface area contributed by atoms with E-state index in [2.05, 4.69) is 23.3 Å². The van der Waals surface area contributed by atoms with E-state index < -0.39 is 60.6 Å². The van der Waals surface area contributed by atoms with Crippen molar-refractivity contribution in [3.63, 3.8) is 0 Å². The van der Waals surface area contributed by atoms with E-state index in [1.807, 2.05) is 12.2 Å². The van der Waals surface area contributed by atoms with E-state index in [9.17, 15) is 29.4 Å². The molecule has 0 aliphatic rings. The normalized spacial score (nSPS) is 17.4. The van der Waals surface area contributed by atoms with Gasteiger partial charge in [0.15, 0.2) is 6.04 Å². The first kappa shape index (κ1) is 26.1. The first-order chi connectivity index (χ1) is 13.0. The van der Waals surface area contributed by atoms with Gasteiger partial charge < -0.3 is 37.0 Å². The Labute approximate surface area is 168 Å². The van der Waals surface area contributed by atoms with Crippen molar-refractivity contribution >= 4 is 36.3 Å². The monoisotopic (exact) mass is 422 g/mol. The highest BCUT2D eigenvalue weighted by Gasteiger charge is 2.31. The van der Waals surface area contributed by atoms with Gasteiger partial charge in [0.2, 0.25) is 17.7 Å². The molecule has 0 heterocycles. The number of carboxylic acid groups (broad SMARTS) is 1. The fourth-order valence-electron chi connectivity index (χ4n) is 2.08. The second-order valence-electron chi connectivity index (χ2n) is 6.46. The van der Waals surface area contributed by atoms with E-state index in [-0.39, 0.29) is 11.7 Å². The molecule has 6 atom stereocenters. The van der Waals surface area contributed by atoms with Crippen molar-refractivity contribution in [2.45, 2.75) is 57.5 Å². The quantitative estimate of drug-likeness (QED) is 0.155. The van der Waals surface area contributed by atoms with Crippen LogP contribution in [-0.2, 0) is 19.2 Å². The lowest BCUT2D eigenvalue weighted by Gasteiger charge is -2.25. The lowest BCUT2D eigenvalue weighted by Crippen LogP contribution is -2.59. The molecule has 0 aromatic carbocycles. The number of aliphatic carboxylic acids is 1.